The smallest absolute Gasteiger partial charge is 0.251 e. The minimum atomic E-state index is -0.0443. The zero-order valence-corrected chi connectivity index (χ0v) is 15.3. The Hall–Kier alpha value is -2.00. The molecule has 1 heterocycles. The molecule has 1 amide bonds. The number of hydrogen-bond donors (Lipinski definition) is 1. The lowest BCUT2D eigenvalue weighted by atomic mass is 10.1. The van der Waals surface area contributed by atoms with Gasteiger partial charge in [-0.2, -0.15) is 0 Å². The Bertz CT molecular complexity index is 676. The molecule has 4 heteroatoms. The molecule has 0 unspecified atom stereocenters. The second-order valence-corrected chi connectivity index (χ2v) is 7.02. The van der Waals surface area contributed by atoms with Crippen molar-refractivity contribution in [2.75, 3.05) is 24.5 Å². The third kappa shape index (κ3) is 5.23. The highest BCUT2D eigenvalue weighted by Crippen LogP contribution is 2.20. The molecular formula is C21H25ClN2O. The van der Waals surface area contributed by atoms with E-state index in [0.29, 0.717) is 17.1 Å². The molecule has 25 heavy (non-hydrogen) atoms. The fourth-order valence-electron chi connectivity index (χ4n) is 3.22. The first-order valence-electron chi connectivity index (χ1n) is 9.10. The number of piperidine rings is 1. The molecule has 0 radical (unpaired) electrons. The molecule has 1 fully saturated rings. The van der Waals surface area contributed by atoms with Crippen LogP contribution < -0.4 is 10.2 Å². The number of aryl methyl sites for hydroxylation is 1. The second-order valence-electron chi connectivity index (χ2n) is 6.58. The fourth-order valence-corrected chi connectivity index (χ4v) is 3.35. The number of carbonyl (C=O) groups is 1. The Balaban J connectivity index is 1.41. The van der Waals surface area contributed by atoms with Gasteiger partial charge in [-0.25, -0.2) is 0 Å². The summed E-state index contributed by atoms with van der Waals surface area (Å²) in [4.78, 5) is 14.5. The van der Waals surface area contributed by atoms with Gasteiger partial charge in [0.1, 0.15) is 0 Å². The van der Waals surface area contributed by atoms with E-state index in [1.165, 1.54) is 43.6 Å². The summed E-state index contributed by atoms with van der Waals surface area (Å²) in [6.45, 7) is 3.03. The van der Waals surface area contributed by atoms with E-state index in [1.807, 2.05) is 0 Å². The first kappa shape index (κ1) is 17.8. The van der Waals surface area contributed by atoms with Gasteiger partial charge in [-0.1, -0.05) is 23.7 Å². The van der Waals surface area contributed by atoms with Crippen molar-refractivity contribution < 1.29 is 4.79 Å². The molecule has 0 aromatic heterocycles. The summed E-state index contributed by atoms with van der Waals surface area (Å²) in [5, 5.41) is 3.60. The van der Waals surface area contributed by atoms with Crippen molar-refractivity contribution in [1.82, 2.24) is 5.32 Å². The first-order valence-corrected chi connectivity index (χ1v) is 9.48. The molecule has 1 saturated heterocycles. The summed E-state index contributed by atoms with van der Waals surface area (Å²) >= 11 is 5.84. The third-order valence-corrected chi connectivity index (χ3v) is 4.94. The molecular weight excluding hydrogens is 332 g/mol. The lowest BCUT2D eigenvalue weighted by Crippen LogP contribution is -2.29. The topological polar surface area (TPSA) is 32.3 Å². The van der Waals surface area contributed by atoms with Crippen molar-refractivity contribution in [2.24, 2.45) is 0 Å². The predicted octanol–water partition coefficient (Wildman–Crippen LogP) is 4.69. The van der Waals surface area contributed by atoms with Crippen LogP contribution in [0.1, 0.15) is 41.6 Å². The van der Waals surface area contributed by atoms with Gasteiger partial charge >= 0.3 is 0 Å². The van der Waals surface area contributed by atoms with Crippen molar-refractivity contribution in [3.63, 3.8) is 0 Å². The lowest BCUT2D eigenvalue weighted by Gasteiger charge is -2.28. The molecule has 2 aromatic rings. The van der Waals surface area contributed by atoms with Gasteiger partial charge in [-0.05, 0) is 74.1 Å². The number of amides is 1. The Labute approximate surface area is 155 Å². The summed E-state index contributed by atoms with van der Waals surface area (Å²) in [7, 11) is 0. The van der Waals surface area contributed by atoms with Crippen molar-refractivity contribution in [3.8, 4) is 0 Å². The number of nitrogens with one attached hydrogen (secondary N) is 1. The summed E-state index contributed by atoms with van der Waals surface area (Å²) < 4.78 is 0. The Kier molecular flexibility index (Phi) is 6.35. The highest BCUT2D eigenvalue weighted by molar-refractivity contribution is 6.30. The van der Waals surface area contributed by atoms with Crippen LogP contribution in [-0.2, 0) is 6.42 Å². The maximum atomic E-state index is 12.0. The van der Waals surface area contributed by atoms with Crippen LogP contribution in [0.25, 0.3) is 0 Å². The van der Waals surface area contributed by atoms with Crippen LogP contribution in [0.3, 0.4) is 0 Å². The van der Waals surface area contributed by atoms with Crippen LogP contribution in [-0.4, -0.2) is 25.5 Å². The average molecular weight is 357 g/mol. The Morgan fingerprint density at radius 3 is 2.32 bits per heavy atom. The van der Waals surface area contributed by atoms with E-state index < -0.39 is 0 Å². The molecule has 132 valence electrons. The van der Waals surface area contributed by atoms with E-state index in [9.17, 15) is 4.79 Å². The highest BCUT2D eigenvalue weighted by Gasteiger charge is 2.10. The summed E-state index contributed by atoms with van der Waals surface area (Å²) in [5.41, 5.74) is 3.30. The number of nitrogens with zero attached hydrogens (tertiary/aromatic N) is 1. The van der Waals surface area contributed by atoms with Crippen LogP contribution in [0, 0.1) is 0 Å². The number of anilines is 1. The van der Waals surface area contributed by atoms with Crippen molar-refractivity contribution >= 4 is 23.2 Å². The third-order valence-electron chi connectivity index (χ3n) is 4.69. The van der Waals surface area contributed by atoms with Gasteiger partial charge < -0.3 is 10.2 Å². The number of carbonyl (C=O) groups excluding carboxylic acids is 1. The van der Waals surface area contributed by atoms with Gasteiger partial charge in [0, 0.05) is 35.9 Å². The van der Waals surface area contributed by atoms with Crippen LogP contribution in [0.2, 0.25) is 5.02 Å². The maximum Gasteiger partial charge on any atom is 0.251 e. The number of benzene rings is 2. The van der Waals surface area contributed by atoms with E-state index in [0.717, 1.165) is 12.8 Å². The second kappa shape index (κ2) is 8.91. The minimum Gasteiger partial charge on any atom is -0.372 e. The van der Waals surface area contributed by atoms with Gasteiger partial charge in [-0.3, -0.25) is 4.79 Å². The summed E-state index contributed by atoms with van der Waals surface area (Å²) in [6, 6.07) is 15.9. The van der Waals surface area contributed by atoms with Crippen molar-refractivity contribution in [3.05, 3.63) is 64.7 Å². The highest BCUT2D eigenvalue weighted by atomic mass is 35.5. The molecule has 3 rings (SSSR count). The summed E-state index contributed by atoms with van der Waals surface area (Å²) in [5.74, 6) is -0.0443. The largest absolute Gasteiger partial charge is 0.372 e. The molecule has 0 atom stereocenters. The molecule has 0 aliphatic carbocycles. The molecule has 2 aromatic carbocycles. The number of hydrogen-bond acceptors (Lipinski definition) is 2. The van der Waals surface area contributed by atoms with Crippen LogP contribution in [0.5, 0.6) is 0 Å². The van der Waals surface area contributed by atoms with E-state index >= 15 is 0 Å². The van der Waals surface area contributed by atoms with Gasteiger partial charge in [-0.15, -0.1) is 0 Å². The van der Waals surface area contributed by atoms with Gasteiger partial charge in [0.25, 0.3) is 5.91 Å². The molecule has 0 saturated carbocycles. The van der Waals surface area contributed by atoms with Crippen molar-refractivity contribution in [1.29, 1.82) is 0 Å². The van der Waals surface area contributed by atoms with Gasteiger partial charge in [0.2, 0.25) is 0 Å². The maximum absolute atomic E-state index is 12.0. The van der Waals surface area contributed by atoms with Crippen molar-refractivity contribution in [2.45, 2.75) is 32.1 Å². The monoisotopic (exact) mass is 356 g/mol. The molecule has 0 spiro atoms. The molecule has 1 N–H and O–H groups in total. The van der Waals surface area contributed by atoms with Crippen LogP contribution in [0.15, 0.2) is 48.5 Å². The molecule has 1 aliphatic heterocycles. The molecule has 1 aliphatic rings. The number of halogens is 1. The quantitative estimate of drug-likeness (QED) is 0.761. The molecule has 0 bridgehead atoms. The van der Waals surface area contributed by atoms with Gasteiger partial charge in [0.15, 0.2) is 0 Å². The lowest BCUT2D eigenvalue weighted by molar-refractivity contribution is 0.0953. The fraction of sp³-hybridized carbons (Fsp3) is 0.381. The normalized spacial score (nSPS) is 14.4. The van der Waals surface area contributed by atoms with Crippen LogP contribution in [0.4, 0.5) is 5.69 Å². The van der Waals surface area contributed by atoms with E-state index in [2.05, 4.69) is 34.5 Å². The molecule has 3 nitrogen and oxygen atoms in total. The van der Waals surface area contributed by atoms with E-state index in [4.69, 9.17) is 11.6 Å². The minimum absolute atomic E-state index is 0.0443. The van der Waals surface area contributed by atoms with Crippen LogP contribution >= 0.6 is 11.6 Å². The summed E-state index contributed by atoms with van der Waals surface area (Å²) in [6.07, 6.45) is 5.87. The standard InChI is InChI=1S/C21H25ClN2O/c22-19-10-8-18(9-11-19)21(25)23-14-4-5-17-6-12-20(13-7-17)24-15-2-1-3-16-24/h6-13H,1-5,14-16H2,(H,23,25). The first-order chi connectivity index (χ1) is 12.2. The van der Waals surface area contributed by atoms with E-state index in [-0.39, 0.29) is 5.91 Å². The SMILES string of the molecule is O=C(NCCCc1ccc(N2CCCCC2)cc1)c1ccc(Cl)cc1. The number of rotatable bonds is 6. The van der Waals surface area contributed by atoms with Gasteiger partial charge in [0.05, 0.1) is 0 Å². The predicted molar refractivity (Wildman–Crippen MR) is 105 cm³/mol. The van der Waals surface area contributed by atoms with E-state index in [1.54, 1.807) is 24.3 Å². The zero-order valence-electron chi connectivity index (χ0n) is 14.5. The Morgan fingerprint density at radius 1 is 0.960 bits per heavy atom. The average Bonchev–Trinajstić information content (AvgIpc) is 2.67. The Morgan fingerprint density at radius 2 is 1.64 bits per heavy atom. The zero-order chi connectivity index (χ0) is 17.5.